The van der Waals surface area contributed by atoms with E-state index < -0.39 is 0 Å². The minimum atomic E-state index is -0.360. The van der Waals surface area contributed by atoms with E-state index in [2.05, 4.69) is 51.4 Å². The molecule has 1 aromatic carbocycles. The maximum Gasteiger partial charge on any atom is 0.271 e. The van der Waals surface area contributed by atoms with Crippen LogP contribution in [0.25, 0.3) is 4.96 Å². The lowest BCUT2D eigenvalue weighted by Crippen LogP contribution is -2.47. The second-order valence-electron chi connectivity index (χ2n) is 7.37. The van der Waals surface area contributed by atoms with E-state index >= 15 is 0 Å². The Morgan fingerprint density at radius 2 is 2.10 bits per heavy atom. The average Bonchev–Trinajstić information content (AvgIpc) is 3.22. The molecule has 8 heteroatoms. The molecule has 2 aromatic heterocycles. The number of nitrogens with one attached hydrogen (secondary N) is 1. The molecule has 1 aliphatic heterocycles. The summed E-state index contributed by atoms with van der Waals surface area (Å²) in [5, 5.41) is 4.66. The Labute approximate surface area is 173 Å². The highest BCUT2D eigenvalue weighted by Crippen LogP contribution is 2.24. The first-order valence-corrected chi connectivity index (χ1v) is 10.7. The van der Waals surface area contributed by atoms with E-state index in [1.54, 1.807) is 11.6 Å². The van der Waals surface area contributed by atoms with Gasteiger partial charge in [0.05, 0.1) is 0 Å². The second kappa shape index (κ2) is 8.86. The van der Waals surface area contributed by atoms with Gasteiger partial charge in [-0.2, -0.15) is 0 Å². The molecule has 1 amide bonds. The summed E-state index contributed by atoms with van der Waals surface area (Å²) in [4.78, 5) is 34.4. The Bertz CT molecular complexity index is 1030. The van der Waals surface area contributed by atoms with Crippen molar-refractivity contribution in [3.8, 4) is 0 Å². The van der Waals surface area contributed by atoms with E-state index in [1.807, 2.05) is 6.07 Å². The van der Waals surface area contributed by atoms with Crippen LogP contribution in [-0.2, 0) is 0 Å². The van der Waals surface area contributed by atoms with E-state index in [4.69, 9.17) is 0 Å². The van der Waals surface area contributed by atoms with E-state index in [0.29, 0.717) is 17.5 Å². The molecule has 7 nitrogen and oxygen atoms in total. The highest BCUT2D eigenvalue weighted by atomic mass is 32.1. The number of carbonyl (C=O) groups excluding carboxylic acids is 1. The lowest BCUT2D eigenvalue weighted by Gasteiger charge is -2.40. The predicted octanol–water partition coefficient (Wildman–Crippen LogP) is 1.86. The first kappa shape index (κ1) is 19.8. The molecule has 0 spiro atoms. The molecule has 1 atom stereocenters. The van der Waals surface area contributed by atoms with Crippen molar-refractivity contribution in [2.75, 3.05) is 39.8 Å². The minimum Gasteiger partial charge on any atom is -0.352 e. The lowest BCUT2D eigenvalue weighted by molar-refractivity contribution is 0.0865. The summed E-state index contributed by atoms with van der Waals surface area (Å²) in [6, 6.07) is 10.9. The van der Waals surface area contributed by atoms with Crippen LogP contribution in [-0.4, -0.2) is 64.9 Å². The molecular formula is C21H25N5O2S. The number of hydrogen-bond acceptors (Lipinski definition) is 6. The van der Waals surface area contributed by atoms with Crippen molar-refractivity contribution in [2.24, 2.45) is 0 Å². The van der Waals surface area contributed by atoms with Crippen molar-refractivity contribution >= 4 is 22.2 Å². The fourth-order valence-electron chi connectivity index (χ4n) is 3.78. The molecular weight excluding hydrogens is 386 g/mol. The maximum absolute atomic E-state index is 12.4. The second-order valence-corrected chi connectivity index (χ2v) is 8.24. The lowest BCUT2D eigenvalue weighted by atomic mass is 10.0. The monoisotopic (exact) mass is 411 g/mol. The van der Waals surface area contributed by atoms with Gasteiger partial charge < -0.3 is 10.2 Å². The molecule has 0 radical (unpaired) electrons. The van der Waals surface area contributed by atoms with Crippen LogP contribution >= 0.6 is 11.3 Å². The highest BCUT2D eigenvalue weighted by molar-refractivity contribution is 7.15. The number of benzene rings is 1. The third-order valence-corrected chi connectivity index (χ3v) is 6.14. The average molecular weight is 412 g/mol. The number of amides is 1. The fraction of sp³-hybridized carbons (Fsp3) is 0.381. The van der Waals surface area contributed by atoms with Crippen LogP contribution in [0.1, 0.15) is 28.4 Å². The molecule has 4 rings (SSSR count). The molecule has 1 N–H and O–H groups in total. The van der Waals surface area contributed by atoms with Crippen molar-refractivity contribution in [1.82, 2.24) is 24.5 Å². The molecule has 1 saturated heterocycles. The quantitative estimate of drug-likeness (QED) is 0.627. The van der Waals surface area contributed by atoms with Gasteiger partial charge in [0.2, 0.25) is 0 Å². The number of carbonyl (C=O) groups is 1. The van der Waals surface area contributed by atoms with Crippen LogP contribution in [0.4, 0.5) is 0 Å². The summed E-state index contributed by atoms with van der Waals surface area (Å²) in [7, 11) is 2.16. The van der Waals surface area contributed by atoms with Gasteiger partial charge in [-0.15, -0.1) is 11.3 Å². The normalized spacial score (nSPS) is 18.2. The number of thiazole rings is 1. The minimum absolute atomic E-state index is 0.0858. The standard InChI is InChI=1S/C21H25N5O2S/c1-24-10-11-25(18(15-24)16-6-3-2-4-7-16)9-5-8-22-19(27)17-14-23-21-26(20(17)28)12-13-29-21/h2-4,6-7,12-14,18H,5,8-11,15H2,1H3,(H,22,27)/t18-/m0/s1. The predicted molar refractivity (Wildman–Crippen MR) is 115 cm³/mol. The molecule has 1 aliphatic rings. The largest absolute Gasteiger partial charge is 0.352 e. The highest BCUT2D eigenvalue weighted by Gasteiger charge is 2.26. The molecule has 152 valence electrons. The van der Waals surface area contributed by atoms with Gasteiger partial charge in [-0.3, -0.25) is 18.9 Å². The molecule has 3 aromatic rings. The zero-order valence-electron chi connectivity index (χ0n) is 16.5. The summed E-state index contributed by atoms with van der Waals surface area (Å²) in [6.07, 6.45) is 3.84. The van der Waals surface area contributed by atoms with E-state index in [0.717, 1.165) is 32.6 Å². The van der Waals surface area contributed by atoms with Crippen molar-refractivity contribution in [1.29, 1.82) is 0 Å². The SMILES string of the molecule is CN1CCN(CCCNC(=O)c2cnc3sccn3c2=O)[C@H](c2ccccc2)C1. The zero-order valence-corrected chi connectivity index (χ0v) is 17.3. The van der Waals surface area contributed by atoms with Crippen molar-refractivity contribution in [3.05, 3.63) is 69.6 Å². The summed E-state index contributed by atoms with van der Waals surface area (Å²) < 4.78 is 1.41. The van der Waals surface area contributed by atoms with Gasteiger partial charge in [0, 0.05) is 56.5 Å². The topological polar surface area (TPSA) is 69.9 Å². The van der Waals surface area contributed by atoms with E-state index in [1.165, 1.54) is 27.5 Å². The first-order chi connectivity index (χ1) is 14.1. The van der Waals surface area contributed by atoms with Crippen LogP contribution in [0.15, 0.2) is 52.9 Å². The number of fused-ring (bicyclic) bond motifs is 1. The van der Waals surface area contributed by atoms with Gasteiger partial charge in [0.15, 0.2) is 4.96 Å². The van der Waals surface area contributed by atoms with Crippen LogP contribution in [0.3, 0.4) is 0 Å². The van der Waals surface area contributed by atoms with Crippen LogP contribution < -0.4 is 10.9 Å². The third-order valence-electron chi connectivity index (χ3n) is 5.37. The Hall–Kier alpha value is -2.55. The zero-order chi connectivity index (χ0) is 20.2. The number of piperazine rings is 1. The molecule has 1 fully saturated rings. The third kappa shape index (κ3) is 4.39. The summed E-state index contributed by atoms with van der Waals surface area (Å²) in [5.41, 5.74) is 1.09. The maximum atomic E-state index is 12.4. The number of nitrogens with zero attached hydrogens (tertiary/aromatic N) is 4. The number of likely N-dealkylation sites (N-methyl/N-ethyl adjacent to an activating group) is 1. The molecule has 29 heavy (non-hydrogen) atoms. The Morgan fingerprint density at radius 1 is 1.28 bits per heavy atom. The first-order valence-electron chi connectivity index (χ1n) is 9.84. The van der Waals surface area contributed by atoms with Crippen LogP contribution in [0.2, 0.25) is 0 Å². The van der Waals surface area contributed by atoms with Crippen molar-refractivity contribution in [2.45, 2.75) is 12.5 Å². The Morgan fingerprint density at radius 3 is 2.93 bits per heavy atom. The van der Waals surface area contributed by atoms with Gasteiger partial charge in [0.25, 0.3) is 11.5 Å². The Kier molecular flexibility index (Phi) is 6.03. The van der Waals surface area contributed by atoms with Crippen molar-refractivity contribution < 1.29 is 4.79 Å². The summed E-state index contributed by atoms with van der Waals surface area (Å²) in [5.74, 6) is -0.360. The van der Waals surface area contributed by atoms with Gasteiger partial charge in [-0.1, -0.05) is 30.3 Å². The Balaban J connectivity index is 1.33. The molecule has 0 bridgehead atoms. The van der Waals surface area contributed by atoms with Crippen LogP contribution in [0.5, 0.6) is 0 Å². The number of rotatable bonds is 6. The van der Waals surface area contributed by atoms with Gasteiger partial charge >= 0.3 is 0 Å². The molecule has 0 saturated carbocycles. The van der Waals surface area contributed by atoms with E-state index in [-0.39, 0.29) is 17.0 Å². The molecule has 0 unspecified atom stereocenters. The van der Waals surface area contributed by atoms with Crippen molar-refractivity contribution in [3.63, 3.8) is 0 Å². The smallest absolute Gasteiger partial charge is 0.271 e. The molecule has 3 heterocycles. The summed E-state index contributed by atoms with van der Waals surface area (Å²) in [6.45, 7) is 4.47. The van der Waals surface area contributed by atoms with Gasteiger partial charge in [0.1, 0.15) is 5.56 Å². The number of hydrogen-bond donors (Lipinski definition) is 1. The number of aromatic nitrogens is 2. The van der Waals surface area contributed by atoms with E-state index in [9.17, 15) is 9.59 Å². The fourth-order valence-corrected chi connectivity index (χ4v) is 4.45. The van der Waals surface area contributed by atoms with Crippen LogP contribution in [0, 0.1) is 0 Å². The van der Waals surface area contributed by atoms with Gasteiger partial charge in [-0.25, -0.2) is 4.98 Å². The molecule has 0 aliphatic carbocycles. The summed E-state index contributed by atoms with van der Waals surface area (Å²) >= 11 is 1.37. The van der Waals surface area contributed by atoms with Gasteiger partial charge in [-0.05, 0) is 19.0 Å².